The molecule has 7 nitrogen and oxygen atoms in total. The van der Waals surface area contributed by atoms with Gasteiger partial charge in [0.2, 0.25) is 10.9 Å². The van der Waals surface area contributed by atoms with E-state index < -0.39 is 35.3 Å². The molecule has 1 saturated heterocycles. The van der Waals surface area contributed by atoms with E-state index in [9.17, 15) is 18.8 Å². The van der Waals surface area contributed by atoms with Gasteiger partial charge in [-0.25, -0.2) is 9.37 Å². The molecule has 30 heavy (non-hydrogen) atoms. The predicted molar refractivity (Wildman–Crippen MR) is 106 cm³/mol. The summed E-state index contributed by atoms with van der Waals surface area (Å²) in [5.74, 6) is -3.84. The van der Waals surface area contributed by atoms with Crippen LogP contribution >= 0.6 is 11.3 Å². The minimum absolute atomic E-state index is 0.102. The first-order valence-corrected chi connectivity index (χ1v) is 10.2. The number of carbonyl (C=O) groups is 3. The Labute approximate surface area is 175 Å². The maximum Gasteiger partial charge on any atom is 0.297 e. The fourth-order valence-electron chi connectivity index (χ4n) is 3.42. The molecule has 9 heteroatoms. The standard InChI is InChI=1S/C21H17FN4O3S/c1-11(2)19-24-25-21(30-19)26-16(13-4-3-9-23-10-13)15(18(28)20(26)29)17(27)12-5-7-14(22)8-6-12/h3-11,15-16H,1-2H3/p+1. The second kappa shape index (κ2) is 7.83. The number of nitrogens with one attached hydrogen (secondary N) is 1. The molecule has 1 aliphatic heterocycles. The number of nitrogens with zero attached hydrogens (tertiary/aromatic N) is 3. The highest BCUT2D eigenvalue weighted by atomic mass is 32.1. The first-order chi connectivity index (χ1) is 14.4. The van der Waals surface area contributed by atoms with Crippen LogP contribution in [0.2, 0.25) is 0 Å². The Morgan fingerprint density at radius 2 is 1.90 bits per heavy atom. The molecule has 1 amide bonds. The number of H-pyrrole nitrogens is 1. The van der Waals surface area contributed by atoms with Crippen LogP contribution < -0.4 is 9.88 Å². The Morgan fingerprint density at radius 3 is 2.50 bits per heavy atom. The Bertz CT molecular complexity index is 1110. The number of Topliss-reactive ketones (excluding diaryl/α,β-unsaturated/α-hetero) is 2. The Hall–Kier alpha value is -3.33. The molecular weight excluding hydrogens is 407 g/mol. The van der Waals surface area contributed by atoms with Crippen molar-refractivity contribution in [1.29, 1.82) is 0 Å². The van der Waals surface area contributed by atoms with E-state index in [1.165, 1.54) is 28.4 Å². The summed E-state index contributed by atoms with van der Waals surface area (Å²) in [6, 6.07) is 7.50. The quantitative estimate of drug-likeness (QED) is 0.356. The smallest absolute Gasteiger partial charge is 0.293 e. The Kier molecular flexibility index (Phi) is 5.21. The molecule has 0 saturated carbocycles. The molecule has 3 heterocycles. The van der Waals surface area contributed by atoms with Crippen LogP contribution in [0.3, 0.4) is 0 Å². The summed E-state index contributed by atoms with van der Waals surface area (Å²) in [5, 5.41) is 9.21. The summed E-state index contributed by atoms with van der Waals surface area (Å²) in [6.07, 6.45) is 3.32. The number of rotatable bonds is 5. The maximum absolute atomic E-state index is 13.3. The zero-order valence-electron chi connectivity index (χ0n) is 16.2. The predicted octanol–water partition coefficient (Wildman–Crippen LogP) is 2.77. The van der Waals surface area contributed by atoms with Crippen molar-refractivity contribution in [2.45, 2.75) is 25.8 Å². The molecule has 0 aliphatic carbocycles. The highest BCUT2D eigenvalue weighted by Gasteiger charge is 2.54. The van der Waals surface area contributed by atoms with E-state index in [-0.39, 0.29) is 16.6 Å². The number of benzene rings is 1. The molecule has 1 N–H and O–H groups in total. The molecule has 4 rings (SSSR count). The number of amides is 1. The van der Waals surface area contributed by atoms with Crippen LogP contribution in [0.1, 0.15) is 46.7 Å². The Morgan fingerprint density at radius 1 is 1.17 bits per heavy atom. The van der Waals surface area contributed by atoms with Crippen LogP contribution in [0.5, 0.6) is 0 Å². The van der Waals surface area contributed by atoms with E-state index in [0.29, 0.717) is 5.56 Å². The molecule has 0 spiro atoms. The van der Waals surface area contributed by atoms with Gasteiger partial charge in [0.1, 0.15) is 16.7 Å². The third-order valence-corrected chi connectivity index (χ3v) is 6.14. The summed E-state index contributed by atoms with van der Waals surface area (Å²) < 4.78 is 13.3. The van der Waals surface area contributed by atoms with Gasteiger partial charge in [-0.2, -0.15) is 0 Å². The number of ketones is 2. The molecule has 2 unspecified atom stereocenters. The van der Waals surface area contributed by atoms with Crippen molar-refractivity contribution < 1.29 is 23.8 Å². The largest absolute Gasteiger partial charge is 0.297 e. The molecule has 3 aromatic rings. The van der Waals surface area contributed by atoms with Crippen molar-refractivity contribution in [3.8, 4) is 0 Å². The van der Waals surface area contributed by atoms with Gasteiger partial charge in [-0.1, -0.05) is 25.2 Å². The molecule has 1 aliphatic rings. The highest BCUT2D eigenvalue weighted by molar-refractivity contribution is 7.15. The molecule has 0 radical (unpaired) electrons. The third-order valence-electron chi connectivity index (χ3n) is 4.92. The van der Waals surface area contributed by atoms with Gasteiger partial charge < -0.3 is 0 Å². The zero-order valence-corrected chi connectivity index (χ0v) is 17.0. The summed E-state index contributed by atoms with van der Waals surface area (Å²) in [5.41, 5.74) is 0.743. The van der Waals surface area contributed by atoms with Crippen molar-refractivity contribution in [2.75, 3.05) is 4.90 Å². The van der Waals surface area contributed by atoms with Gasteiger partial charge in [-0.3, -0.25) is 19.3 Å². The van der Waals surface area contributed by atoms with E-state index >= 15 is 0 Å². The van der Waals surface area contributed by atoms with Crippen molar-refractivity contribution >= 4 is 33.9 Å². The highest BCUT2D eigenvalue weighted by Crippen LogP contribution is 2.42. The first kappa shape index (κ1) is 20.0. The monoisotopic (exact) mass is 425 g/mol. The normalized spacial score (nSPS) is 19.0. The maximum atomic E-state index is 13.3. The second-order valence-electron chi connectivity index (χ2n) is 7.25. The molecule has 2 atom stereocenters. The summed E-state index contributed by atoms with van der Waals surface area (Å²) in [6.45, 7) is 3.90. The average Bonchev–Trinajstić information content (AvgIpc) is 3.32. The zero-order chi connectivity index (χ0) is 21.4. The summed E-state index contributed by atoms with van der Waals surface area (Å²) >= 11 is 1.21. The number of anilines is 1. The lowest BCUT2D eigenvalue weighted by Gasteiger charge is -2.23. The summed E-state index contributed by atoms with van der Waals surface area (Å²) in [4.78, 5) is 43.3. The number of carbonyl (C=O) groups excluding carboxylic acids is 3. The van der Waals surface area contributed by atoms with E-state index in [2.05, 4.69) is 15.2 Å². The van der Waals surface area contributed by atoms with Gasteiger partial charge >= 0.3 is 0 Å². The lowest BCUT2D eigenvalue weighted by molar-refractivity contribution is -0.378. The van der Waals surface area contributed by atoms with Crippen molar-refractivity contribution in [1.82, 2.24) is 10.2 Å². The second-order valence-corrected chi connectivity index (χ2v) is 8.23. The number of aromatic nitrogens is 3. The molecule has 1 fully saturated rings. The lowest BCUT2D eigenvalue weighted by Crippen LogP contribution is -2.31. The van der Waals surface area contributed by atoms with Crippen molar-refractivity contribution in [3.05, 3.63) is 70.7 Å². The number of halogens is 1. The minimum atomic E-state index is -1.27. The fraction of sp³-hybridized carbons (Fsp3) is 0.238. The molecule has 152 valence electrons. The number of hydrogen-bond donors (Lipinski definition) is 0. The van der Waals surface area contributed by atoms with Gasteiger partial charge in [0.15, 0.2) is 18.2 Å². The van der Waals surface area contributed by atoms with Crippen LogP contribution in [-0.2, 0) is 9.59 Å². The molecule has 2 aromatic heterocycles. The van der Waals surface area contributed by atoms with E-state index in [0.717, 1.165) is 17.1 Å². The van der Waals surface area contributed by atoms with Gasteiger partial charge in [0, 0.05) is 23.1 Å². The third kappa shape index (κ3) is 3.41. The SMILES string of the molecule is CC(C)c1nnc(N2C(=O)C(=O)C(C(=O)c3ccc(F)cc3)C2c2ccc[nH+]c2)s1. The van der Waals surface area contributed by atoms with Crippen LogP contribution in [0.25, 0.3) is 0 Å². The van der Waals surface area contributed by atoms with E-state index in [4.69, 9.17) is 0 Å². The van der Waals surface area contributed by atoms with Gasteiger partial charge in [0.05, 0.1) is 6.04 Å². The average molecular weight is 425 g/mol. The van der Waals surface area contributed by atoms with Crippen LogP contribution in [0, 0.1) is 11.7 Å². The topological polar surface area (TPSA) is 94.4 Å². The number of aromatic amines is 1. The molecule has 0 bridgehead atoms. The van der Waals surface area contributed by atoms with Crippen LogP contribution in [-0.4, -0.2) is 27.7 Å². The van der Waals surface area contributed by atoms with E-state index in [1.54, 1.807) is 24.5 Å². The molecular formula is C21H18FN4O3S+. The lowest BCUT2D eigenvalue weighted by atomic mass is 9.87. The minimum Gasteiger partial charge on any atom is -0.293 e. The van der Waals surface area contributed by atoms with Crippen molar-refractivity contribution in [2.24, 2.45) is 5.92 Å². The number of pyridine rings is 1. The van der Waals surface area contributed by atoms with Gasteiger partial charge in [-0.15, -0.1) is 10.2 Å². The molecule has 1 aromatic carbocycles. The van der Waals surface area contributed by atoms with E-state index in [1.807, 2.05) is 13.8 Å². The van der Waals surface area contributed by atoms with Crippen LogP contribution in [0.15, 0.2) is 48.8 Å². The first-order valence-electron chi connectivity index (χ1n) is 9.35. The fourth-order valence-corrected chi connectivity index (χ4v) is 4.30. The number of hydrogen-bond acceptors (Lipinski definition) is 6. The van der Waals surface area contributed by atoms with Crippen LogP contribution in [0.4, 0.5) is 9.52 Å². The summed E-state index contributed by atoms with van der Waals surface area (Å²) in [7, 11) is 0. The Balaban J connectivity index is 1.82. The van der Waals surface area contributed by atoms with Crippen molar-refractivity contribution in [3.63, 3.8) is 0 Å². The van der Waals surface area contributed by atoms with Gasteiger partial charge in [-0.05, 0) is 30.3 Å². The van der Waals surface area contributed by atoms with Gasteiger partial charge in [0.25, 0.3) is 5.91 Å².